The van der Waals surface area contributed by atoms with Crippen molar-refractivity contribution < 1.29 is 18.4 Å². The smallest absolute Gasteiger partial charge is 0.224 e. The van der Waals surface area contributed by atoms with Crippen LogP contribution in [-0.4, -0.2) is 43.9 Å². The van der Waals surface area contributed by atoms with E-state index in [0.717, 1.165) is 12.1 Å². The number of carbonyl (C=O) groups excluding carboxylic acids is 2. The Kier molecular flexibility index (Phi) is 9.36. The van der Waals surface area contributed by atoms with Gasteiger partial charge in [-0.25, -0.2) is 8.78 Å². The van der Waals surface area contributed by atoms with E-state index >= 15 is 0 Å². The number of halogens is 3. The summed E-state index contributed by atoms with van der Waals surface area (Å²) in [5, 5.41) is 5.45. The highest BCUT2D eigenvalue weighted by Crippen LogP contribution is 2.22. The third-order valence-electron chi connectivity index (χ3n) is 3.22. The fraction of sp³-hybridized carbons (Fsp3) is 0.467. The normalized spacial score (nSPS) is 11.3. The molecule has 0 aliphatic heterocycles. The van der Waals surface area contributed by atoms with E-state index in [4.69, 9.17) is 0 Å². The van der Waals surface area contributed by atoms with Gasteiger partial charge in [-0.2, -0.15) is 0 Å². The SMILES string of the molecule is CNCCN(C)C(=O)CC(NC(C)=O)c1ccc(F)cc1F.Cl. The van der Waals surface area contributed by atoms with Crippen LogP contribution >= 0.6 is 12.4 Å². The van der Waals surface area contributed by atoms with Gasteiger partial charge in [0.25, 0.3) is 0 Å². The molecule has 1 unspecified atom stereocenters. The molecule has 1 aromatic carbocycles. The molecule has 0 saturated carbocycles. The zero-order valence-electron chi connectivity index (χ0n) is 13.4. The van der Waals surface area contributed by atoms with E-state index in [-0.39, 0.29) is 36.2 Å². The van der Waals surface area contributed by atoms with Gasteiger partial charge in [0.05, 0.1) is 12.5 Å². The molecule has 2 N–H and O–H groups in total. The third kappa shape index (κ3) is 6.92. The molecule has 130 valence electrons. The van der Waals surface area contributed by atoms with Gasteiger partial charge in [-0.15, -0.1) is 12.4 Å². The largest absolute Gasteiger partial charge is 0.349 e. The van der Waals surface area contributed by atoms with E-state index in [1.165, 1.54) is 17.9 Å². The van der Waals surface area contributed by atoms with Crippen LogP contribution in [0.4, 0.5) is 8.78 Å². The maximum Gasteiger partial charge on any atom is 0.224 e. The molecule has 0 fully saturated rings. The lowest BCUT2D eigenvalue weighted by Gasteiger charge is -2.23. The average molecular weight is 350 g/mol. The average Bonchev–Trinajstić information content (AvgIpc) is 2.43. The number of amides is 2. The lowest BCUT2D eigenvalue weighted by molar-refractivity contribution is -0.130. The summed E-state index contributed by atoms with van der Waals surface area (Å²) in [5.41, 5.74) is 0.0898. The van der Waals surface area contributed by atoms with Crippen molar-refractivity contribution in [1.82, 2.24) is 15.5 Å². The number of rotatable bonds is 7. The van der Waals surface area contributed by atoms with E-state index in [1.54, 1.807) is 14.1 Å². The van der Waals surface area contributed by atoms with Gasteiger partial charge in [0.15, 0.2) is 0 Å². The molecule has 2 amide bonds. The fourth-order valence-corrected chi connectivity index (χ4v) is 2.00. The highest BCUT2D eigenvalue weighted by atomic mass is 35.5. The van der Waals surface area contributed by atoms with Crippen LogP contribution in [0.3, 0.4) is 0 Å². The monoisotopic (exact) mass is 349 g/mol. The van der Waals surface area contributed by atoms with Crippen molar-refractivity contribution in [2.75, 3.05) is 27.2 Å². The van der Waals surface area contributed by atoms with Gasteiger partial charge in [0, 0.05) is 38.7 Å². The number of hydrogen-bond acceptors (Lipinski definition) is 3. The third-order valence-corrected chi connectivity index (χ3v) is 3.22. The van der Waals surface area contributed by atoms with E-state index in [0.29, 0.717) is 13.1 Å². The summed E-state index contributed by atoms with van der Waals surface area (Å²) in [4.78, 5) is 24.9. The number of benzene rings is 1. The predicted octanol–water partition coefficient (Wildman–Crippen LogP) is 1.63. The molecule has 0 spiro atoms. The minimum absolute atomic E-state index is 0. The van der Waals surface area contributed by atoms with Crippen molar-refractivity contribution in [3.63, 3.8) is 0 Å². The van der Waals surface area contributed by atoms with Crippen LogP contribution < -0.4 is 10.6 Å². The Morgan fingerprint density at radius 1 is 1.30 bits per heavy atom. The summed E-state index contributed by atoms with van der Waals surface area (Å²) in [6, 6.07) is 2.25. The van der Waals surface area contributed by atoms with Gasteiger partial charge in [-0.3, -0.25) is 9.59 Å². The first-order valence-electron chi connectivity index (χ1n) is 6.95. The van der Waals surface area contributed by atoms with Crippen molar-refractivity contribution in [1.29, 1.82) is 0 Å². The molecule has 0 aliphatic carbocycles. The van der Waals surface area contributed by atoms with Crippen molar-refractivity contribution in [2.24, 2.45) is 0 Å². The maximum absolute atomic E-state index is 13.9. The summed E-state index contributed by atoms with van der Waals surface area (Å²) in [5.74, 6) is -2.12. The zero-order chi connectivity index (χ0) is 16.7. The Bertz CT molecular complexity index is 543. The topological polar surface area (TPSA) is 61.4 Å². The van der Waals surface area contributed by atoms with Crippen LogP contribution in [0.15, 0.2) is 18.2 Å². The van der Waals surface area contributed by atoms with Crippen molar-refractivity contribution >= 4 is 24.2 Å². The van der Waals surface area contributed by atoms with Crippen LogP contribution in [0, 0.1) is 11.6 Å². The van der Waals surface area contributed by atoms with Crippen molar-refractivity contribution in [2.45, 2.75) is 19.4 Å². The Labute approximate surface area is 140 Å². The standard InChI is InChI=1S/C15H21F2N3O2.ClH/c1-10(21)19-14(9-15(22)20(3)7-6-18-2)12-5-4-11(16)8-13(12)17;/h4-5,8,14,18H,6-7,9H2,1-3H3,(H,19,21);1H. The van der Waals surface area contributed by atoms with Gasteiger partial charge in [-0.05, 0) is 13.1 Å². The molecule has 1 aromatic rings. The lowest BCUT2D eigenvalue weighted by Crippen LogP contribution is -2.36. The Balaban J connectivity index is 0.00000484. The van der Waals surface area contributed by atoms with Gasteiger partial charge < -0.3 is 15.5 Å². The number of hydrogen-bond donors (Lipinski definition) is 2. The molecular formula is C15H22ClF2N3O2. The molecule has 0 saturated heterocycles. The molecular weight excluding hydrogens is 328 g/mol. The van der Waals surface area contributed by atoms with Gasteiger partial charge >= 0.3 is 0 Å². The Hall–Kier alpha value is -1.73. The van der Waals surface area contributed by atoms with E-state index in [2.05, 4.69) is 10.6 Å². The van der Waals surface area contributed by atoms with Gasteiger partial charge in [-0.1, -0.05) is 6.07 Å². The Morgan fingerprint density at radius 3 is 2.48 bits per heavy atom. The molecule has 0 aromatic heterocycles. The molecule has 23 heavy (non-hydrogen) atoms. The molecule has 0 bridgehead atoms. The van der Waals surface area contributed by atoms with Crippen LogP contribution in [0.5, 0.6) is 0 Å². The van der Waals surface area contributed by atoms with E-state index in [9.17, 15) is 18.4 Å². The van der Waals surface area contributed by atoms with Crippen LogP contribution in [0.25, 0.3) is 0 Å². The number of carbonyl (C=O) groups is 2. The molecule has 0 heterocycles. The molecule has 1 rings (SSSR count). The first kappa shape index (κ1) is 21.3. The number of likely N-dealkylation sites (N-methyl/N-ethyl adjacent to an activating group) is 2. The first-order chi connectivity index (χ1) is 10.3. The quantitative estimate of drug-likeness (QED) is 0.786. The predicted molar refractivity (Wildman–Crippen MR) is 86.3 cm³/mol. The summed E-state index contributed by atoms with van der Waals surface area (Å²) in [6.07, 6.45) is -0.0949. The van der Waals surface area contributed by atoms with Crippen LogP contribution in [0.1, 0.15) is 24.9 Å². The minimum atomic E-state index is -0.831. The second-order valence-corrected chi connectivity index (χ2v) is 5.04. The second-order valence-electron chi connectivity index (χ2n) is 5.04. The van der Waals surface area contributed by atoms with E-state index in [1.807, 2.05) is 0 Å². The minimum Gasteiger partial charge on any atom is -0.349 e. The molecule has 5 nitrogen and oxygen atoms in total. The zero-order valence-corrected chi connectivity index (χ0v) is 14.2. The molecule has 0 radical (unpaired) electrons. The number of nitrogens with one attached hydrogen (secondary N) is 2. The second kappa shape index (κ2) is 10.1. The van der Waals surface area contributed by atoms with Gasteiger partial charge in [0.1, 0.15) is 11.6 Å². The molecule has 1 atom stereocenters. The van der Waals surface area contributed by atoms with Crippen molar-refractivity contribution in [3.05, 3.63) is 35.4 Å². The van der Waals surface area contributed by atoms with Gasteiger partial charge in [0.2, 0.25) is 11.8 Å². The first-order valence-corrected chi connectivity index (χ1v) is 6.95. The van der Waals surface area contributed by atoms with E-state index < -0.39 is 17.7 Å². The summed E-state index contributed by atoms with van der Waals surface area (Å²) < 4.78 is 26.9. The van der Waals surface area contributed by atoms with Crippen molar-refractivity contribution in [3.8, 4) is 0 Å². The number of nitrogens with zero attached hydrogens (tertiary/aromatic N) is 1. The fourth-order valence-electron chi connectivity index (χ4n) is 2.00. The lowest BCUT2D eigenvalue weighted by atomic mass is 10.0. The van der Waals surface area contributed by atoms with Crippen LogP contribution in [-0.2, 0) is 9.59 Å². The highest BCUT2D eigenvalue weighted by Gasteiger charge is 2.22. The summed E-state index contributed by atoms with van der Waals surface area (Å²) in [6.45, 7) is 2.40. The Morgan fingerprint density at radius 2 is 1.96 bits per heavy atom. The molecule has 8 heteroatoms. The van der Waals surface area contributed by atoms with Crippen LogP contribution in [0.2, 0.25) is 0 Å². The maximum atomic E-state index is 13.9. The molecule has 0 aliphatic rings. The highest BCUT2D eigenvalue weighted by molar-refractivity contribution is 5.85. The summed E-state index contributed by atoms with van der Waals surface area (Å²) >= 11 is 0. The summed E-state index contributed by atoms with van der Waals surface area (Å²) in [7, 11) is 3.40.